The molecule has 192 valence electrons. The van der Waals surface area contributed by atoms with E-state index in [0.29, 0.717) is 18.7 Å². The first kappa shape index (κ1) is 23.7. The van der Waals surface area contributed by atoms with Crippen LogP contribution in [0.2, 0.25) is 0 Å². The lowest BCUT2D eigenvalue weighted by molar-refractivity contribution is -0.124. The number of piperidine rings is 1. The summed E-state index contributed by atoms with van der Waals surface area (Å²) in [5.41, 5.74) is 5.38. The van der Waals surface area contributed by atoms with Crippen LogP contribution in [-0.4, -0.2) is 48.4 Å². The first-order chi connectivity index (χ1) is 17.5. The number of hydrogen-bond donors (Lipinski definition) is 1. The normalized spacial score (nSPS) is 27.3. The zero-order valence-electron chi connectivity index (χ0n) is 21.7. The molecule has 4 fully saturated rings. The Balaban J connectivity index is 1.34. The van der Waals surface area contributed by atoms with Gasteiger partial charge in [0.1, 0.15) is 5.82 Å². The van der Waals surface area contributed by atoms with Crippen LogP contribution in [0.3, 0.4) is 0 Å². The zero-order valence-corrected chi connectivity index (χ0v) is 21.7. The highest BCUT2D eigenvalue weighted by Gasteiger charge is 2.38. The van der Waals surface area contributed by atoms with Crippen molar-refractivity contribution in [1.29, 1.82) is 0 Å². The fraction of sp³-hybridized carbons (Fsp3) is 0.586. The SMILES string of the molecule is Cc1c(N2C[C@@H]3CC[C@H]2CO3)ccc2c1N(C(=O)C1CCC(OC(C)C)CC1)Cc1cccnc1N2. The van der Waals surface area contributed by atoms with E-state index in [4.69, 9.17) is 9.47 Å². The number of carbonyl (C=O) groups excluding carboxylic acids is 1. The summed E-state index contributed by atoms with van der Waals surface area (Å²) >= 11 is 0. The summed E-state index contributed by atoms with van der Waals surface area (Å²) in [4.78, 5) is 23.3. The van der Waals surface area contributed by atoms with Crippen molar-refractivity contribution in [3.63, 3.8) is 0 Å². The summed E-state index contributed by atoms with van der Waals surface area (Å²) in [5.74, 6) is 1.08. The predicted octanol–water partition coefficient (Wildman–Crippen LogP) is 5.33. The molecular weight excluding hydrogens is 452 g/mol. The largest absolute Gasteiger partial charge is 0.376 e. The maximum Gasteiger partial charge on any atom is 0.230 e. The fourth-order valence-corrected chi connectivity index (χ4v) is 6.59. The molecule has 5 aliphatic rings. The molecule has 2 bridgehead atoms. The van der Waals surface area contributed by atoms with Crippen LogP contribution in [0, 0.1) is 12.8 Å². The lowest BCUT2D eigenvalue weighted by atomic mass is 9.86. The molecule has 2 atom stereocenters. The van der Waals surface area contributed by atoms with Gasteiger partial charge in [0.2, 0.25) is 5.91 Å². The molecule has 1 amide bonds. The molecule has 4 aliphatic heterocycles. The topological polar surface area (TPSA) is 66.9 Å². The number of carbonyl (C=O) groups is 1. The number of ether oxygens (including phenoxy) is 2. The minimum absolute atomic E-state index is 0.0190. The van der Waals surface area contributed by atoms with Crippen molar-refractivity contribution in [3.8, 4) is 0 Å². The van der Waals surface area contributed by atoms with Gasteiger partial charge in [-0.2, -0.15) is 0 Å². The lowest BCUT2D eigenvalue weighted by Crippen LogP contribution is -2.54. The van der Waals surface area contributed by atoms with Crippen LogP contribution in [0.25, 0.3) is 0 Å². The number of rotatable bonds is 4. The van der Waals surface area contributed by atoms with Gasteiger partial charge in [-0.1, -0.05) is 6.07 Å². The van der Waals surface area contributed by atoms with E-state index in [0.717, 1.165) is 73.6 Å². The van der Waals surface area contributed by atoms with Crippen LogP contribution in [0.1, 0.15) is 63.5 Å². The molecule has 5 heterocycles. The van der Waals surface area contributed by atoms with Crippen molar-refractivity contribution in [2.75, 3.05) is 28.3 Å². The molecule has 1 aromatic heterocycles. The molecule has 1 N–H and O–H groups in total. The van der Waals surface area contributed by atoms with Gasteiger partial charge in [-0.3, -0.25) is 4.79 Å². The Morgan fingerprint density at radius 2 is 1.97 bits per heavy atom. The monoisotopic (exact) mass is 490 g/mol. The van der Waals surface area contributed by atoms with E-state index in [1.165, 1.54) is 12.1 Å². The minimum Gasteiger partial charge on any atom is -0.376 e. The van der Waals surface area contributed by atoms with Gasteiger partial charge in [0.25, 0.3) is 0 Å². The number of benzene rings is 1. The molecule has 2 aromatic rings. The number of fused-ring (bicyclic) bond motifs is 5. The number of anilines is 4. The Hall–Kier alpha value is -2.64. The Labute approximate surface area is 214 Å². The molecule has 3 saturated heterocycles. The standard InChI is InChI=1S/C29H38N4O3/c1-18(2)36-23-9-6-20(7-10-23)29(34)33-15-21-5-4-14-30-28(21)31-25-12-13-26(19(3)27(25)33)32-16-24-11-8-22(32)17-35-24/h4-5,12-14,18,20,22-24H,6-11,15-17H2,1-3H3,(H,30,31)/t20?,22-,23?,24-/m0/s1. The van der Waals surface area contributed by atoms with Gasteiger partial charge in [0.05, 0.1) is 48.9 Å². The van der Waals surface area contributed by atoms with E-state index in [9.17, 15) is 4.79 Å². The molecule has 0 unspecified atom stereocenters. The molecule has 1 aliphatic carbocycles. The number of morpholine rings is 1. The summed E-state index contributed by atoms with van der Waals surface area (Å²) in [6.07, 6.45) is 8.56. The van der Waals surface area contributed by atoms with Gasteiger partial charge in [0.15, 0.2) is 0 Å². The van der Waals surface area contributed by atoms with Crippen molar-refractivity contribution in [1.82, 2.24) is 4.98 Å². The molecule has 7 nitrogen and oxygen atoms in total. The lowest BCUT2D eigenvalue weighted by Gasteiger charge is -2.47. The smallest absolute Gasteiger partial charge is 0.230 e. The Morgan fingerprint density at radius 3 is 2.67 bits per heavy atom. The van der Waals surface area contributed by atoms with E-state index in [-0.39, 0.29) is 24.0 Å². The van der Waals surface area contributed by atoms with Crippen molar-refractivity contribution in [2.24, 2.45) is 5.92 Å². The second kappa shape index (κ2) is 9.67. The number of aromatic nitrogens is 1. The Morgan fingerprint density at radius 1 is 1.14 bits per heavy atom. The molecule has 0 radical (unpaired) electrons. The number of nitrogens with zero attached hydrogens (tertiary/aromatic N) is 3. The average Bonchev–Trinajstić information content (AvgIpc) is 3.06. The summed E-state index contributed by atoms with van der Waals surface area (Å²) in [5, 5.41) is 3.56. The van der Waals surface area contributed by atoms with Crippen LogP contribution in [0.4, 0.5) is 22.9 Å². The summed E-state index contributed by atoms with van der Waals surface area (Å²) in [6, 6.07) is 8.79. The van der Waals surface area contributed by atoms with E-state index in [2.05, 4.69) is 54.2 Å². The highest BCUT2D eigenvalue weighted by molar-refractivity contribution is 6.01. The summed E-state index contributed by atoms with van der Waals surface area (Å²) in [7, 11) is 0. The van der Waals surface area contributed by atoms with Crippen LogP contribution in [0.5, 0.6) is 0 Å². The molecule has 1 aromatic carbocycles. The van der Waals surface area contributed by atoms with Gasteiger partial charge in [-0.05, 0) is 83.1 Å². The van der Waals surface area contributed by atoms with Crippen molar-refractivity contribution in [2.45, 2.75) is 90.2 Å². The van der Waals surface area contributed by atoms with Crippen LogP contribution in [-0.2, 0) is 20.8 Å². The number of pyridine rings is 1. The first-order valence-electron chi connectivity index (χ1n) is 13.7. The molecule has 1 saturated carbocycles. The molecule has 7 heteroatoms. The number of hydrogen-bond acceptors (Lipinski definition) is 6. The van der Waals surface area contributed by atoms with E-state index in [1.807, 2.05) is 17.2 Å². The fourth-order valence-electron chi connectivity index (χ4n) is 6.59. The predicted molar refractivity (Wildman–Crippen MR) is 142 cm³/mol. The van der Waals surface area contributed by atoms with Gasteiger partial charge in [-0.15, -0.1) is 0 Å². The highest BCUT2D eigenvalue weighted by Crippen LogP contribution is 2.44. The molecule has 7 rings (SSSR count). The Kier molecular flexibility index (Phi) is 6.38. The van der Waals surface area contributed by atoms with E-state index < -0.39 is 0 Å². The van der Waals surface area contributed by atoms with Crippen LogP contribution in [0.15, 0.2) is 30.5 Å². The highest BCUT2D eigenvalue weighted by atomic mass is 16.5. The third kappa shape index (κ3) is 4.37. The third-order valence-corrected chi connectivity index (χ3v) is 8.40. The van der Waals surface area contributed by atoms with E-state index >= 15 is 0 Å². The number of nitrogens with one attached hydrogen (secondary N) is 1. The van der Waals surface area contributed by atoms with Crippen LogP contribution < -0.4 is 15.1 Å². The average molecular weight is 491 g/mol. The Bertz CT molecular complexity index is 1120. The number of amides is 1. The van der Waals surface area contributed by atoms with Gasteiger partial charge >= 0.3 is 0 Å². The maximum atomic E-state index is 14.2. The second-order valence-corrected chi connectivity index (χ2v) is 11.2. The maximum absolute atomic E-state index is 14.2. The zero-order chi connectivity index (χ0) is 24.8. The molecule has 0 spiro atoms. The molecule has 36 heavy (non-hydrogen) atoms. The first-order valence-corrected chi connectivity index (χ1v) is 13.7. The molecular formula is C29H38N4O3. The third-order valence-electron chi connectivity index (χ3n) is 8.40. The van der Waals surface area contributed by atoms with Crippen LogP contribution >= 0.6 is 0 Å². The van der Waals surface area contributed by atoms with Crippen molar-refractivity contribution < 1.29 is 14.3 Å². The van der Waals surface area contributed by atoms with Gasteiger partial charge in [-0.25, -0.2) is 4.98 Å². The second-order valence-electron chi connectivity index (χ2n) is 11.2. The minimum atomic E-state index is 0.0190. The van der Waals surface area contributed by atoms with Gasteiger partial charge < -0.3 is 24.6 Å². The van der Waals surface area contributed by atoms with Crippen molar-refractivity contribution >= 4 is 28.8 Å². The quantitative estimate of drug-likeness (QED) is 0.625. The van der Waals surface area contributed by atoms with Gasteiger partial charge in [0, 0.05) is 29.9 Å². The van der Waals surface area contributed by atoms with E-state index in [1.54, 1.807) is 0 Å². The summed E-state index contributed by atoms with van der Waals surface area (Å²) in [6.45, 7) is 8.60. The summed E-state index contributed by atoms with van der Waals surface area (Å²) < 4.78 is 12.0. The van der Waals surface area contributed by atoms with Crippen molar-refractivity contribution in [3.05, 3.63) is 41.6 Å².